The van der Waals surface area contributed by atoms with Crippen LogP contribution in [-0.4, -0.2) is 20.6 Å². The van der Waals surface area contributed by atoms with Crippen LogP contribution >= 0.6 is 0 Å². The molecule has 4 heteroatoms. The van der Waals surface area contributed by atoms with Gasteiger partial charge in [-0.05, 0) is 30.5 Å². The van der Waals surface area contributed by atoms with E-state index in [0.717, 1.165) is 6.42 Å². The molecule has 2 aliphatic rings. The van der Waals surface area contributed by atoms with Gasteiger partial charge in [-0.25, -0.2) is 8.42 Å². The van der Waals surface area contributed by atoms with E-state index in [9.17, 15) is 8.42 Å². The molecule has 0 unspecified atom stereocenters. The van der Waals surface area contributed by atoms with Gasteiger partial charge in [0.1, 0.15) is 0 Å². The summed E-state index contributed by atoms with van der Waals surface area (Å²) in [6.45, 7) is 2.09. The van der Waals surface area contributed by atoms with Crippen LogP contribution in [0.4, 0.5) is 0 Å². The van der Waals surface area contributed by atoms with E-state index in [0.29, 0.717) is 15.7 Å². The highest BCUT2D eigenvalue weighted by molar-refractivity contribution is 7.95. The van der Waals surface area contributed by atoms with E-state index in [-0.39, 0.29) is 12.2 Å². The highest BCUT2D eigenvalue weighted by Gasteiger charge is 2.44. The lowest BCUT2D eigenvalue weighted by molar-refractivity contribution is 0.109. The maximum absolute atomic E-state index is 12.4. The second-order valence-corrected chi connectivity index (χ2v) is 6.64. The summed E-state index contributed by atoms with van der Waals surface area (Å²) in [4.78, 5) is 0.807. The first-order chi connectivity index (χ1) is 8.09. The summed E-state index contributed by atoms with van der Waals surface area (Å²) in [6.07, 6.45) is 2.33. The van der Waals surface area contributed by atoms with E-state index >= 15 is 0 Å². The molecule has 2 aliphatic heterocycles. The van der Waals surface area contributed by atoms with E-state index in [4.69, 9.17) is 4.74 Å². The predicted molar refractivity (Wildman–Crippen MR) is 64.2 cm³/mol. The van der Waals surface area contributed by atoms with Crippen LogP contribution in [0.5, 0.6) is 0 Å². The minimum Gasteiger partial charge on any atom is -0.365 e. The maximum Gasteiger partial charge on any atom is 0.205 e. The molecule has 0 spiro atoms. The number of hydrogen-bond acceptors (Lipinski definition) is 3. The van der Waals surface area contributed by atoms with Crippen molar-refractivity contribution in [2.45, 2.75) is 30.4 Å². The molecular formula is C13H14O3S. The number of benzene rings is 1. The summed E-state index contributed by atoms with van der Waals surface area (Å²) >= 11 is 0. The third-order valence-electron chi connectivity index (χ3n) is 3.48. The van der Waals surface area contributed by atoms with Crippen molar-refractivity contribution < 1.29 is 13.2 Å². The first-order valence-electron chi connectivity index (χ1n) is 5.76. The van der Waals surface area contributed by atoms with Gasteiger partial charge in [-0.2, -0.15) is 0 Å². The molecule has 0 N–H and O–H groups in total. The van der Waals surface area contributed by atoms with Gasteiger partial charge in [0.25, 0.3) is 0 Å². The normalized spacial score (nSPS) is 31.6. The Morgan fingerprint density at radius 2 is 1.94 bits per heavy atom. The average molecular weight is 250 g/mol. The first-order valence-corrected chi connectivity index (χ1v) is 7.24. The van der Waals surface area contributed by atoms with Gasteiger partial charge in [0.05, 0.1) is 22.0 Å². The Kier molecular flexibility index (Phi) is 2.38. The smallest absolute Gasteiger partial charge is 0.205 e. The van der Waals surface area contributed by atoms with E-state index in [1.165, 1.54) is 0 Å². The van der Waals surface area contributed by atoms with E-state index in [2.05, 4.69) is 6.92 Å². The highest BCUT2D eigenvalue weighted by Crippen LogP contribution is 2.41. The molecule has 2 bridgehead atoms. The Morgan fingerprint density at radius 3 is 2.47 bits per heavy atom. The number of fused-ring (bicyclic) bond motifs is 2. The number of ether oxygens (including phenoxy) is 1. The third kappa shape index (κ3) is 1.63. The van der Waals surface area contributed by atoms with Crippen LogP contribution < -0.4 is 0 Å². The van der Waals surface area contributed by atoms with Crippen molar-refractivity contribution in [2.75, 3.05) is 0 Å². The van der Waals surface area contributed by atoms with E-state index in [1.807, 2.05) is 6.07 Å². The van der Waals surface area contributed by atoms with Crippen LogP contribution in [0.1, 0.15) is 13.3 Å². The van der Waals surface area contributed by atoms with Crippen molar-refractivity contribution in [3.8, 4) is 0 Å². The molecule has 0 aliphatic carbocycles. The Bertz CT molecular complexity index is 560. The number of rotatable bonds is 2. The van der Waals surface area contributed by atoms with Gasteiger partial charge in [-0.15, -0.1) is 0 Å². The molecule has 17 heavy (non-hydrogen) atoms. The van der Waals surface area contributed by atoms with Crippen LogP contribution in [0, 0.1) is 5.92 Å². The molecule has 0 radical (unpaired) electrons. The van der Waals surface area contributed by atoms with Gasteiger partial charge in [-0.1, -0.05) is 25.1 Å². The fraction of sp³-hybridized carbons (Fsp3) is 0.385. The minimum atomic E-state index is -3.36. The van der Waals surface area contributed by atoms with Crippen molar-refractivity contribution in [1.29, 1.82) is 0 Å². The standard InChI is InChI=1S/C13H14O3S/c1-9-7-12-13(8-11(9)16-12)17(14,15)10-5-3-2-4-6-10/h2-6,8-9,11-12H,7H2,1H3/t9-,11-,12-/m1/s1. The lowest BCUT2D eigenvalue weighted by Crippen LogP contribution is -2.18. The van der Waals surface area contributed by atoms with Crippen molar-refractivity contribution in [2.24, 2.45) is 5.92 Å². The van der Waals surface area contributed by atoms with Crippen LogP contribution in [0.15, 0.2) is 46.2 Å². The minimum absolute atomic E-state index is 0.0199. The molecule has 1 aromatic rings. The quantitative estimate of drug-likeness (QED) is 0.807. The molecule has 3 rings (SSSR count). The van der Waals surface area contributed by atoms with Gasteiger partial charge < -0.3 is 4.74 Å². The summed E-state index contributed by atoms with van der Waals surface area (Å²) in [5.41, 5.74) is 0. The zero-order valence-electron chi connectivity index (χ0n) is 9.54. The molecule has 0 saturated carbocycles. The Balaban J connectivity index is 2.02. The van der Waals surface area contributed by atoms with Gasteiger partial charge >= 0.3 is 0 Å². The molecule has 3 atom stereocenters. The summed E-state index contributed by atoms with van der Waals surface area (Å²) < 4.78 is 30.4. The predicted octanol–water partition coefficient (Wildman–Crippen LogP) is 2.15. The summed E-state index contributed by atoms with van der Waals surface area (Å²) in [5, 5.41) is 0. The van der Waals surface area contributed by atoms with Gasteiger partial charge in [0.2, 0.25) is 9.84 Å². The van der Waals surface area contributed by atoms with Crippen LogP contribution in [0.25, 0.3) is 0 Å². The number of hydrogen-bond donors (Lipinski definition) is 0. The summed E-state index contributed by atoms with van der Waals surface area (Å²) in [5.74, 6) is 0.426. The van der Waals surface area contributed by atoms with Crippen LogP contribution in [-0.2, 0) is 14.6 Å². The van der Waals surface area contributed by atoms with Crippen molar-refractivity contribution >= 4 is 9.84 Å². The molecule has 0 aromatic heterocycles. The largest absolute Gasteiger partial charge is 0.365 e. The molecule has 90 valence electrons. The van der Waals surface area contributed by atoms with E-state index in [1.54, 1.807) is 30.3 Å². The Morgan fingerprint density at radius 1 is 1.24 bits per heavy atom. The molecule has 1 saturated heterocycles. The SMILES string of the molecule is C[C@@H]1C[C@H]2O[C@@H]1C=C2S(=O)(=O)c1ccccc1. The van der Waals surface area contributed by atoms with Crippen LogP contribution in [0.3, 0.4) is 0 Å². The zero-order valence-corrected chi connectivity index (χ0v) is 10.4. The third-order valence-corrected chi connectivity index (χ3v) is 5.39. The summed E-state index contributed by atoms with van der Waals surface area (Å²) in [6, 6.07) is 8.55. The molecule has 3 nitrogen and oxygen atoms in total. The topological polar surface area (TPSA) is 43.4 Å². The van der Waals surface area contributed by atoms with E-state index < -0.39 is 9.84 Å². The maximum atomic E-state index is 12.4. The average Bonchev–Trinajstić information content (AvgIpc) is 2.89. The van der Waals surface area contributed by atoms with Gasteiger partial charge in [0, 0.05) is 0 Å². The monoisotopic (exact) mass is 250 g/mol. The van der Waals surface area contributed by atoms with Crippen molar-refractivity contribution in [3.05, 3.63) is 41.3 Å². The fourth-order valence-electron chi connectivity index (χ4n) is 2.51. The second kappa shape index (κ2) is 3.68. The first kappa shape index (κ1) is 11.0. The molecule has 0 amide bonds. The fourth-order valence-corrected chi connectivity index (χ4v) is 4.10. The zero-order chi connectivity index (χ0) is 12.0. The molecule has 2 heterocycles. The number of sulfone groups is 1. The molecule has 1 fully saturated rings. The molecule has 1 aromatic carbocycles. The van der Waals surface area contributed by atoms with Crippen molar-refractivity contribution in [3.63, 3.8) is 0 Å². The molecular weight excluding hydrogens is 236 g/mol. The van der Waals surface area contributed by atoms with Gasteiger partial charge in [-0.3, -0.25) is 0 Å². The lowest BCUT2D eigenvalue weighted by atomic mass is 9.96. The Labute approximate surface area is 101 Å². The van der Waals surface area contributed by atoms with Gasteiger partial charge in [0.15, 0.2) is 0 Å². The lowest BCUT2D eigenvalue weighted by Gasteiger charge is -2.14. The highest BCUT2D eigenvalue weighted by atomic mass is 32.2. The van der Waals surface area contributed by atoms with Crippen molar-refractivity contribution in [1.82, 2.24) is 0 Å². The Hall–Kier alpha value is -1.13. The second-order valence-electron chi connectivity index (χ2n) is 4.69. The van der Waals surface area contributed by atoms with Crippen LogP contribution in [0.2, 0.25) is 0 Å². The summed E-state index contributed by atoms with van der Waals surface area (Å²) in [7, 11) is -3.36.